The lowest BCUT2D eigenvalue weighted by Crippen LogP contribution is -2.28. The van der Waals surface area contributed by atoms with Crippen LogP contribution in [0.5, 0.6) is 0 Å². The minimum atomic E-state index is -0.189. The van der Waals surface area contributed by atoms with Crippen LogP contribution in [-0.4, -0.2) is 22.4 Å². The lowest BCUT2D eigenvalue weighted by atomic mass is 9.93. The minimum Gasteiger partial charge on any atom is -0.314 e. The first-order valence-electron chi connectivity index (χ1n) is 7.01. The van der Waals surface area contributed by atoms with Crippen LogP contribution in [0, 0.1) is 5.82 Å². The van der Waals surface area contributed by atoms with E-state index in [2.05, 4.69) is 24.3 Å². The van der Waals surface area contributed by atoms with Gasteiger partial charge in [-0.1, -0.05) is 26.0 Å². The highest BCUT2D eigenvalue weighted by Gasteiger charge is 2.14. The number of hydrogen-bond donors (Lipinski definition) is 1. The fourth-order valence-corrected chi connectivity index (χ4v) is 2.28. The van der Waals surface area contributed by atoms with Crippen molar-refractivity contribution in [2.75, 3.05) is 6.54 Å². The van der Waals surface area contributed by atoms with Gasteiger partial charge >= 0.3 is 0 Å². The lowest BCUT2D eigenvalue weighted by Gasteiger charge is -2.19. The first-order chi connectivity index (χ1) is 9.54. The molecular weight excluding hydrogens is 253 g/mol. The Hall–Kier alpha value is -1.68. The van der Waals surface area contributed by atoms with Crippen molar-refractivity contribution in [2.24, 2.45) is 7.05 Å². The van der Waals surface area contributed by atoms with Gasteiger partial charge in [-0.2, -0.15) is 5.10 Å². The molecule has 1 N–H and O–H groups in total. The molecule has 1 heterocycles. The summed E-state index contributed by atoms with van der Waals surface area (Å²) in [4.78, 5) is 0. The van der Waals surface area contributed by atoms with Crippen molar-refractivity contribution in [1.29, 1.82) is 0 Å². The summed E-state index contributed by atoms with van der Waals surface area (Å²) in [7, 11) is 1.92. The summed E-state index contributed by atoms with van der Waals surface area (Å²) in [5.74, 6) is 0.132. The van der Waals surface area contributed by atoms with Crippen LogP contribution in [0.1, 0.15) is 30.9 Å². The van der Waals surface area contributed by atoms with Gasteiger partial charge in [-0.25, -0.2) is 4.39 Å². The average Bonchev–Trinajstić information content (AvgIpc) is 2.81. The molecule has 0 saturated heterocycles. The zero-order valence-electron chi connectivity index (χ0n) is 12.3. The highest BCUT2D eigenvalue weighted by molar-refractivity contribution is 5.23. The van der Waals surface area contributed by atoms with E-state index in [0.29, 0.717) is 12.0 Å². The molecule has 0 aliphatic rings. The summed E-state index contributed by atoms with van der Waals surface area (Å²) < 4.78 is 14.9. The molecule has 0 spiro atoms. The summed E-state index contributed by atoms with van der Waals surface area (Å²) in [5.41, 5.74) is 2.36. The molecule has 0 aliphatic carbocycles. The number of benzene rings is 1. The van der Waals surface area contributed by atoms with Crippen molar-refractivity contribution in [1.82, 2.24) is 15.1 Å². The van der Waals surface area contributed by atoms with Crippen molar-refractivity contribution in [3.63, 3.8) is 0 Å². The first-order valence-corrected chi connectivity index (χ1v) is 7.01. The fourth-order valence-electron chi connectivity index (χ4n) is 2.28. The number of aromatic nitrogens is 2. The third-order valence-electron chi connectivity index (χ3n) is 3.35. The number of aryl methyl sites for hydroxylation is 1. The number of halogens is 1. The zero-order chi connectivity index (χ0) is 14.5. The molecule has 1 unspecified atom stereocenters. The van der Waals surface area contributed by atoms with Crippen LogP contribution in [0.3, 0.4) is 0 Å². The predicted octanol–water partition coefficient (Wildman–Crippen LogP) is 2.88. The lowest BCUT2D eigenvalue weighted by molar-refractivity contribution is 0.525. The minimum absolute atomic E-state index is 0.189. The summed E-state index contributed by atoms with van der Waals surface area (Å²) in [6.07, 6.45) is 4.83. The Morgan fingerprint density at radius 2 is 1.95 bits per heavy atom. The highest BCUT2D eigenvalue weighted by Crippen LogP contribution is 2.21. The Morgan fingerprint density at radius 1 is 1.25 bits per heavy atom. The Kier molecular flexibility index (Phi) is 4.90. The number of nitrogens with zero attached hydrogens (tertiary/aromatic N) is 2. The molecule has 108 valence electrons. The molecule has 4 heteroatoms. The maximum absolute atomic E-state index is 13.1. The van der Waals surface area contributed by atoms with Crippen LogP contribution in [0.4, 0.5) is 4.39 Å². The normalized spacial score (nSPS) is 12.8. The van der Waals surface area contributed by atoms with E-state index in [1.165, 1.54) is 17.7 Å². The number of nitrogens with one attached hydrogen (secondary N) is 1. The van der Waals surface area contributed by atoms with Crippen molar-refractivity contribution < 1.29 is 4.39 Å². The quantitative estimate of drug-likeness (QED) is 0.878. The molecular formula is C16H22FN3. The molecule has 0 fully saturated rings. The third kappa shape index (κ3) is 4.17. The fraction of sp³-hybridized carbons (Fsp3) is 0.438. The second-order valence-electron chi connectivity index (χ2n) is 5.54. The third-order valence-corrected chi connectivity index (χ3v) is 3.35. The van der Waals surface area contributed by atoms with Gasteiger partial charge in [-0.05, 0) is 29.7 Å². The summed E-state index contributed by atoms with van der Waals surface area (Å²) in [6, 6.07) is 7.24. The van der Waals surface area contributed by atoms with Gasteiger partial charge in [0.1, 0.15) is 5.82 Å². The number of hydrogen-bond acceptors (Lipinski definition) is 2. The highest BCUT2D eigenvalue weighted by atomic mass is 19.1. The van der Waals surface area contributed by atoms with Crippen LogP contribution in [0.15, 0.2) is 36.7 Å². The van der Waals surface area contributed by atoms with Gasteiger partial charge in [0.15, 0.2) is 0 Å². The molecule has 1 aromatic heterocycles. The van der Waals surface area contributed by atoms with Gasteiger partial charge in [0.05, 0.1) is 6.20 Å². The molecule has 0 aliphatic heterocycles. The maximum atomic E-state index is 13.1. The van der Waals surface area contributed by atoms with Gasteiger partial charge in [0.25, 0.3) is 0 Å². The van der Waals surface area contributed by atoms with Gasteiger partial charge < -0.3 is 5.32 Å². The first kappa shape index (κ1) is 14.7. The zero-order valence-corrected chi connectivity index (χ0v) is 12.3. The molecule has 0 radical (unpaired) electrons. The van der Waals surface area contributed by atoms with Gasteiger partial charge in [0.2, 0.25) is 0 Å². The second-order valence-corrected chi connectivity index (χ2v) is 5.54. The molecule has 3 nitrogen and oxygen atoms in total. The van der Waals surface area contributed by atoms with Crippen molar-refractivity contribution >= 4 is 0 Å². The molecule has 0 bridgehead atoms. The van der Waals surface area contributed by atoms with Crippen molar-refractivity contribution in [3.05, 3.63) is 53.6 Å². The molecule has 2 rings (SSSR count). The molecule has 1 aromatic carbocycles. The van der Waals surface area contributed by atoms with E-state index in [0.717, 1.165) is 18.5 Å². The van der Waals surface area contributed by atoms with E-state index in [1.807, 2.05) is 36.3 Å². The SMILES string of the molecule is CC(C)NCC(Cc1cnn(C)c1)c1ccc(F)cc1. The Balaban J connectivity index is 2.13. The van der Waals surface area contributed by atoms with Gasteiger partial charge in [-0.15, -0.1) is 0 Å². The Morgan fingerprint density at radius 3 is 2.50 bits per heavy atom. The standard InChI is InChI=1S/C16H22FN3/c1-12(2)18-10-15(8-13-9-19-20(3)11-13)14-4-6-16(17)7-5-14/h4-7,9,11-12,15,18H,8,10H2,1-3H3. The second kappa shape index (κ2) is 6.66. The molecule has 0 saturated carbocycles. The van der Waals surface area contributed by atoms with E-state index < -0.39 is 0 Å². The maximum Gasteiger partial charge on any atom is 0.123 e. The van der Waals surface area contributed by atoms with Crippen molar-refractivity contribution in [3.8, 4) is 0 Å². The van der Waals surface area contributed by atoms with Crippen LogP contribution in [-0.2, 0) is 13.5 Å². The monoisotopic (exact) mass is 275 g/mol. The predicted molar refractivity (Wildman–Crippen MR) is 79.2 cm³/mol. The smallest absolute Gasteiger partial charge is 0.123 e. The van der Waals surface area contributed by atoms with Crippen LogP contribution in [0.25, 0.3) is 0 Å². The molecule has 0 amide bonds. The molecule has 2 aromatic rings. The van der Waals surface area contributed by atoms with Crippen LogP contribution in [0.2, 0.25) is 0 Å². The Bertz CT molecular complexity index is 531. The summed E-state index contributed by atoms with van der Waals surface area (Å²) in [6.45, 7) is 5.13. The van der Waals surface area contributed by atoms with Crippen LogP contribution >= 0.6 is 0 Å². The average molecular weight is 275 g/mol. The largest absolute Gasteiger partial charge is 0.314 e. The van der Waals surface area contributed by atoms with Gasteiger partial charge in [0, 0.05) is 31.7 Å². The summed E-state index contributed by atoms with van der Waals surface area (Å²) in [5, 5.41) is 7.67. The molecule has 1 atom stereocenters. The van der Waals surface area contributed by atoms with E-state index in [-0.39, 0.29) is 5.82 Å². The summed E-state index contributed by atoms with van der Waals surface area (Å²) >= 11 is 0. The van der Waals surface area contributed by atoms with Gasteiger partial charge in [-0.3, -0.25) is 4.68 Å². The van der Waals surface area contributed by atoms with Crippen LogP contribution < -0.4 is 5.32 Å². The number of rotatable bonds is 6. The van der Waals surface area contributed by atoms with E-state index in [4.69, 9.17) is 0 Å². The van der Waals surface area contributed by atoms with E-state index in [1.54, 1.807) is 0 Å². The Labute approximate surface area is 119 Å². The topological polar surface area (TPSA) is 29.9 Å². The van der Waals surface area contributed by atoms with E-state index in [9.17, 15) is 4.39 Å². The van der Waals surface area contributed by atoms with Crippen molar-refractivity contribution in [2.45, 2.75) is 32.2 Å². The molecule has 20 heavy (non-hydrogen) atoms. The van der Waals surface area contributed by atoms with E-state index >= 15 is 0 Å².